The van der Waals surface area contributed by atoms with Crippen molar-refractivity contribution in [2.24, 2.45) is 13.0 Å². The van der Waals surface area contributed by atoms with Crippen molar-refractivity contribution in [1.29, 1.82) is 0 Å². The summed E-state index contributed by atoms with van der Waals surface area (Å²) in [5.74, 6) is -0.367. The zero-order chi connectivity index (χ0) is 18.8. The second kappa shape index (κ2) is 7.61. The van der Waals surface area contributed by atoms with Gasteiger partial charge in [-0.1, -0.05) is 0 Å². The van der Waals surface area contributed by atoms with Gasteiger partial charge in [-0.2, -0.15) is 0 Å². The van der Waals surface area contributed by atoms with E-state index in [1.54, 1.807) is 18.0 Å². The van der Waals surface area contributed by atoms with Crippen LogP contribution in [0.4, 0.5) is 0 Å². The van der Waals surface area contributed by atoms with Crippen LogP contribution in [0.15, 0.2) is 10.9 Å². The monoisotopic (exact) mass is 361 g/mol. The summed E-state index contributed by atoms with van der Waals surface area (Å²) in [6.45, 7) is 7.09. The summed E-state index contributed by atoms with van der Waals surface area (Å²) < 4.78 is 6.82. The van der Waals surface area contributed by atoms with Gasteiger partial charge in [0.1, 0.15) is 5.56 Å². The molecule has 7 nitrogen and oxygen atoms in total. The number of aromatic nitrogens is 1. The fourth-order valence-corrected chi connectivity index (χ4v) is 3.71. The average Bonchev–Trinajstić information content (AvgIpc) is 2.68. The predicted octanol–water partition coefficient (Wildman–Crippen LogP) is 0.713. The minimum Gasteiger partial charge on any atom is -0.378 e. The Morgan fingerprint density at radius 2 is 1.81 bits per heavy atom. The molecule has 7 heteroatoms. The number of ether oxygens (including phenoxy) is 1. The highest BCUT2D eigenvalue weighted by Crippen LogP contribution is 2.21. The summed E-state index contributed by atoms with van der Waals surface area (Å²) in [4.78, 5) is 41.7. The second-order valence-corrected chi connectivity index (χ2v) is 7.22. The molecule has 3 heterocycles. The maximum absolute atomic E-state index is 12.9. The van der Waals surface area contributed by atoms with Crippen molar-refractivity contribution in [3.05, 3.63) is 33.2 Å². The van der Waals surface area contributed by atoms with Crippen LogP contribution in [-0.4, -0.2) is 65.6 Å². The Morgan fingerprint density at radius 3 is 2.50 bits per heavy atom. The highest BCUT2D eigenvalue weighted by Gasteiger charge is 2.33. The Hall–Kier alpha value is -2.15. The standard InChI is InChI=1S/C19H27N3O4/c1-13-11-16(18(24)20(3)14(13)2)19(25)22-6-4-5-15(12-22)17(23)21-7-9-26-10-8-21/h11,15H,4-10,12H2,1-3H3/t15-/m0/s1. The molecule has 0 unspecified atom stereocenters. The van der Waals surface area contributed by atoms with E-state index in [1.165, 1.54) is 4.57 Å². The van der Waals surface area contributed by atoms with Crippen LogP contribution in [0.25, 0.3) is 0 Å². The van der Waals surface area contributed by atoms with E-state index in [9.17, 15) is 14.4 Å². The lowest BCUT2D eigenvalue weighted by molar-refractivity contribution is -0.141. The van der Waals surface area contributed by atoms with E-state index in [-0.39, 0.29) is 28.9 Å². The average molecular weight is 361 g/mol. The third-order valence-electron chi connectivity index (χ3n) is 5.58. The number of morpholine rings is 1. The zero-order valence-corrected chi connectivity index (χ0v) is 15.8. The molecule has 2 aliphatic rings. The largest absolute Gasteiger partial charge is 0.378 e. The van der Waals surface area contributed by atoms with Crippen molar-refractivity contribution in [2.45, 2.75) is 26.7 Å². The summed E-state index contributed by atoms with van der Waals surface area (Å²) in [5.41, 5.74) is 1.67. The first-order valence-electron chi connectivity index (χ1n) is 9.23. The summed E-state index contributed by atoms with van der Waals surface area (Å²) >= 11 is 0. The summed E-state index contributed by atoms with van der Waals surface area (Å²) in [7, 11) is 1.68. The Balaban J connectivity index is 1.76. The van der Waals surface area contributed by atoms with Gasteiger partial charge in [0, 0.05) is 38.9 Å². The lowest BCUT2D eigenvalue weighted by Crippen LogP contribution is -2.50. The zero-order valence-electron chi connectivity index (χ0n) is 15.8. The molecule has 1 aromatic heterocycles. The first-order chi connectivity index (χ1) is 12.4. The van der Waals surface area contributed by atoms with Crippen molar-refractivity contribution in [3.8, 4) is 0 Å². The smallest absolute Gasteiger partial charge is 0.263 e. The van der Waals surface area contributed by atoms with Gasteiger partial charge < -0.3 is 19.1 Å². The van der Waals surface area contributed by atoms with E-state index >= 15 is 0 Å². The molecule has 1 atom stereocenters. The molecule has 3 rings (SSSR count). The molecule has 0 saturated carbocycles. The van der Waals surface area contributed by atoms with Crippen LogP contribution >= 0.6 is 0 Å². The van der Waals surface area contributed by atoms with Crippen LogP contribution in [0.5, 0.6) is 0 Å². The van der Waals surface area contributed by atoms with Crippen molar-refractivity contribution >= 4 is 11.8 Å². The van der Waals surface area contributed by atoms with Gasteiger partial charge in [0.05, 0.1) is 19.1 Å². The topological polar surface area (TPSA) is 71.9 Å². The molecule has 0 bridgehead atoms. The third kappa shape index (κ3) is 3.53. The van der Waals surface area contributed by atoms with Crippen LogP contribution in [0, 0.1) is 19.8 Å². The minimum atomic E-state index is -0.278. The van der Waals surface area contributed by atoms with E-state index in [4.69, 9.17) is 4.74 Å². The van der Waals surface area contributed by atoms with E-state index in [0.29, 0.717) is 39.4 Å². The highest BCUT2D eigenvalue weighted by molar-refractivity contribution is 5.94. The molecule has 0 radical (unpaired) electrons. The maximum Gasteiger partial charge on any atom is 0.263 e. The van der Waals surface area contributed by atoms with Gasteiger partial charge in [-0.15, -0.1) is 0 Å². The molecular weight excluding hydrogens is 334 g/mol. The van der Waals surface area contributed by atoms with Gasteiger partial charge in [0.15, 0.2) is 0 Å². The number of pyridine rings is 1. The van der Waals surface area contributed by atoms with Crippen molar-refractivity contribution in [2.75, 3.05) is 39.4 Å². The van der Waals surface area contributed by atoms with Crippen molar-refractivity contribution in [3.63, 3.8) is 0 Å². The van der Waals surface area contributed by atoms with Gasteiger partial charge in [-0.25, -0.2) is 0 Å². The molecule has 0 N–H and O–H groups in total. The SMILES string of the molecule is Cc1cc(C(=O)N2CCC[C@H](C(=O)N3CCOCC3)C2)c(=O)n(C)c1C. The van der Waals surface area contributed by atoms with Crippen LogP contribution in [0.1, 0.15) is 34.5 Å². The number of rotatable bonds is 2. The van der Waals surface area contributed by atoms with Crippen molar-refractivity contribution < 1.29 is 14.3 Å². The van der Waals surface area contributed by atoms with Crippen LogP contribution in [0.2, 0.25) is 0 Å². The molecular formula is C19H27N3O4. The molecule has 2 fully saturated rings. The number of hydrogen-bond acceptors (Lipinski definition) is 4. The fourth-order valence-electron chi connectivity index (χ4n) is 3.71. The second-order valence-electron chi connectivity index (χ2n) is 7.22. The number of amides is 2. The number of hydrogen-bond donors (Lipinski definition) is 0. The lowest BCUT2D eigenvalue weighted by atomic mass is 9.95. The Morgan fingerprint density at radius 1 is 1.12 bits per heavy atom. The number of piperidine rings is 1. The summed E-state index contributed by atoms with van der Waals surface area (Å²) in [6.07, 6.45) is 1.56. The fraction of sp³-hybridized carbons (Fsp3) is 0.632. The quantitative estimate of drug-likeness (QED) is 0.778. The van der Waals surface area contributed by atoms with Gasteiger partial charge >= 0.3 is 0 Å². The Labute approximate surface area is 153 Å². The van der Waals surface area contributed by atoms with Crippen LogP contribution in [0.3, 0.4) is 0 Å². The maximum atomic E-state index is 12.9. The number of aryl methyl sites for hydroxylation is 1. The lowest BCUT2D eigenvalue weighted by Gasteiger charge is -2.36. The van der Waals surface area contributed by atoms with Crippen LogP contribution < -0.4 is 5.56 Å². The van der Waals surface area contributed by atoms with E-state index < -0.39 is 0 Å². The van der Waals surface area contributed by atoms with E-state index in [0.717, 1.165) is 24.1 Å². The molecule has 1 aromatic rings. The van der Waals surface area contributed by atoms with Crippen LogP contribution in [-0.2, 0) is 16.6 Å². The number of likely N-dealkylation sites (tertiary alicyclic amines) is 1. The minimum absolute atomic E-state index is 0.0961. The first kappa shape index (κ1) is 18.6. The molecule has 2 aliphatic heterocycles. The normalized spacial score (nSPS) is 21.0. The van der Waals surface area contributed by atoms with Gasteiger partial charge in [0.25, 0.3) is 11.5 Å². The van der Waals surface area contributed by atoms with E-state index in [1.807, 2.05) is 18.7 Å². The van der Waals surface area contributed by atoms with E-state index in [2.05, 4.69) is 0 Å². The van der Waals surface area contributed by atoms with Crippen molar-refractivity contribution in [1.82, 2.24) is 14.4 Å². The van der Waals surface area contributed by atoms with Gasteiger partial charge in [-0.3, -0.25) is 14.4 Å². The number of carbonyl (C=O) groups excluding carboxylic acids is 2. The Bertz CT molecular complexity index is 765. The molecule has 0 aromatic carbocycles. The number of nitrogens with zero attached hydrogens (tertiary/aromatic N) is 3. The molecule has 0 aliphatic carbocycles. The Kier molecular flexibility index (Phi) is 5.46. The van der Waals surface area contributed by atoms with Gasteiger partial charge in [-0.05, 0) is 38.3 Å². The third-order valence-corrected chi connectivity index (χ3v) is 5.58. The summed E-state index contributed by atoms with van der Waals surface area (Å²) in [5, 5.41) is 0. The highest BCUT2D eigenvalue weighted by atomic mass is 16.5. The predicted molar refractivity (Wildman–Crippen MR) is 97.2 cm³/mol. The summed E-state index contributed by atoms with van der Waals surface area (Å²) in [6, 6.07) is 1.67. The molecule has 0 spiro atoms. The van der Waals surface area contributed by atoms with Gasteiger partial charge in [0.2, 0.25) is 5.91 Å². The molecule has 26 heavy (non-hydrogen) atoms. The molecule has 142 valence electrons. The number of carbonyl (C=O) groups is 2. The molecule has 2 saturated heterocycles. The first-order valence-corrected chi connectivity index (χ1v) is 9.23. The molecule has 2 amide bonds.